The third-order valence-electron chi connectivity index (χ3n) is 6.01. The van der Waals surface area contributed by atoms with Crippen molar-refractivity contribution < 1.29 is 13.2 Å². The number of carbonyl (C=O) groups is 1. The fourth-order valence-corrected chi connectivity index (χ4v) is 5.38. The minimum Gasteiger partial charge on any atom is -0.322 e. The average Bonchev–Trinajstić information content (AvgIpc) is 2.70. The summed E-state index contributed by atoms with van der Waals surface area (Å²) in [5.41, 5.74) is 3.98. The molecule has 0 bridgehead atoms. The Morgan fingerprint density at radius 3 is 2.32 bits per heavy atom. The van der Waals surface area contributed by atoms with Gasteiger partial charge in [0.15, 0.2) is 0 Å². The van der Waals surface area contributed by atoms with Gasteiger partial charge in [-0.05, 0) is 95.6 Å². The van der Waals surface area contributed by atoms with Crippen LogP contribution in [0, 0.1) is 26.7 Å². The minimum atomic E-state index is -3.82. The number of likely N-dealkylation sites (tertiary alicyclic amines) is 1. The Morgan fingerprint density at radius 2 is 1.68 bits per heavy atom. The number of anilines is 1. The maximum absolute atomic E-state index is 13.0. The maximum atomic E-state index is 13.0. The van der Waals surface area contributed by atoms with Gasteiger partial charge >= 0.3 is 0 Å². The summed E-state index contributed by atoms with van der Waals surface area (Å²) in [6.45, 7) is 9.12. The highest BCUT2D eigenvalue weighted by atomic mass is 32.2. The van der Waals surface area contributed by atoms with E-state index in [9.17, 15) is 13.2 Å². The van der Waals surface area contributed by atoms with Crippen molar-refractivity contribution >= 4 is 27.3 Å². The molecule has 2 aromatic rings. The van der Waals surface area contributed by atoms with Crippen molar-refractivity contribution in [2.75, 3.05) is 25.5 Å². The molecule has 1 amide bonds. The molecule has 1 aliphatic rings. The second-order valence-electron chi connectivity index (χ2n) is 8.49. The molecule has 31 heavy (non-hydrogen) atoms. The van der Waals surface area contributed by atoms with Crippen LogP contribution in [0.4, 0.5) is 5.69 Å². The zero-order chi connectivity index (χ0) is 22.8. The van der Waals surface area contributed by atoms with E-state index in [1.54, 1.807) is 32.0 Å². The summed E-state index contributed by atoms with van der Waals surface area (Å²) < 4.78 is 30.2. The highest BCUT2D eigenvalue weighted by molar-refractivity contribution is 7.90. The molecule has 0 unspecified atom stereocenters. The van der Waals surface area contributed by atoms with E-state index in [-0.39, 0.29) is 16.7 Å². The topological polar surface area (TPSA) is 78.8 Å². The molecule has 2 aromatic carbocycles. The zero-order valence-electron chi connectivity index (χ0n) is 18.9. The fourth-order valence-electron chi connectivity index (χ4n) is 3.96. The fraction of sp³-hybridized carbons (Fsp3) is 0.417. The first-order valence-corrected chi connectivity index (χ1v) is 12.0. The van der Waals surface area contributed by atoms with Crippen LogP contribution in [-0.2, 0) is 10.0 Å². The number of carbonyl (C=O) groups excluding carboxylic acids is 1. The van der Waals surface area contributed by atoms with Gasteiger partial charge in [0, 0.05) is 22.9 Å². The van der Waals surface area contributed by atoms with E-state index in [0.717, 1.165) is 31.5 Å². The van der Waals surface area contributed by atoms with Crippen molar-refractivity contribution in [2.24, 2.45) is 10.3 Å². The smallest absolute Gasteiger partial charge is 0.282 e. The lowest BCUT2D eigenvalue weighted by atomic mass is 9.93. The maximum Gasteiger partial charge on any atom is 0.282 e. The highest BCUT2D eigenvalue weighted by Crippen LogP contribution is 2.27. The molecule has 1 N–H and O–H groups in total. The molecule has 0 radical (unpaired) electrons. The molecule has 1 fully saturated rings. The predicted molar refractivity (Wildman–Crippen MR) is 126 cm³/mol. The summed E-state index contributed by atoms with van der Waals surface area (Å²) in [4.78, 5) is 15.1. The second-order valence-corrected chi connectivity index (χ2v) is 10.1. The van der Waals surface area contributed by atoms with Crippen LogP contribution in [0.2, 0.25) is 0 Å². The van der Waals surface area contributed by atoms with E-state index in [1.165, 1.54) is 0 Å². The number of nitrogens with one attached hydrogen (secondary N) is 1. The lowest BCUT2D eigenvalue weighted by Crippen LogP contribution is -2.33. The number of amides is 1. The Hall–Kier alpha value is -2.51. The molecule has 0 saturated carbocycles. The molecule has 1 aliphatic heterocycles. The van der Waals surface area contributed by atoms with Gasteiger partial charge in [0.1, 0.15) is 0 Å². The SMILES string of the molecule is C/C(=N/S(=O)(=O)c1cc(C)c(NC(=O)c2ccccc2C)cc1C)C1CCN(C)CC1. The number of sulfonamides is 1. The lowest BCUT2D eigenvalue weighted by molar-refractivity contribution is 0.102. The quantitative estimate of drug-likeness (QED) is 0.700. The predicted octanol–water partition coefficient (Wildman–Crippen LogP) is 4.36. The van der Waals surface area contributed by atoms with Gasteiger partial charge in [-0.2, -0.15) is 12.8 Å². The average molecular weight is 442 g/mol. The lowest BCUT2D eigenvalue weighted by Gasteiger charge is -2.28. The Kier molecular flexibility index (Phi) is 6.96. The van der Waals surface area contributed by atoms with Gasteiger partial charge in [0.25, 0.3) is 15.9 Å². The Bertz CT molecular complexity index is 1110. The van der Waals surface area contributed by atoms with Crippen molar-refractivity contribution in [1.82, 2.24) is 4.90 Å². The third-order valence-corrected chi connectivity index (χ3v) is 7.54. The molecule has 0 aliphatic carbocycles. The number of aryl methyl sites for hydroxylation is 3. The molecule has 0 aromatic heterocycles. The number of rotatable bonds is 5. The van der Waals surface area contributed by atoms with Crippen molar-refractivity contribution in [3.63, 3.8) is 0 Å². The van der Waals surface area contributed by atoms with Crippen molar-refractivity contribution in [1.29, 1.82) is 0 Å². The second kappa shape index (κ2) is 9.32. The van der Waals surface area contributed by atoms with Crippen molar-refractivity contribution in [3.05, 3.63) is 58.7 Å². The molecule has 3 rings (SSSR count). The zero-order valence-corrected chi connectivity index (χ0v) is 19.7. The van der Waals surface area contributed by atoms with E-state index in [4.69, 9.17) is 0 Å². The molecule has 1 saturated heterocycles. The number of hydrogen-bond acceptors (Lipinski definition) is 4. The number of piperidine rings is 1. The Labute approximate surface area is 185 Å². The Morgan fingerprint density at radius 1 is 1.03 bits per heavy atom. The summed E-state index contributed by atoms with van der Waals surface area (Å²) in [7, 11) is -1.74. The largest absolute Gasteiger partial charge is 0.322 e. The molecular formula is C24H31N3O3S. The molecular weight excluding hydrogens is 410 g/mol. The van der Waals surface area contributed by atoms with E-state index in [0.29, 0.717) is 28.1 Å². The molecule has 0 spiro atoms. The van der Waals surface area contributed by atoms with E-state index in [2.05, 4.69) is 21.7 Å². The highest BCUT2D eigenvalue weighted by Gasteiger charge is 2.23. The Balaban J connectivity index is 1.84. The first-order valence-electron chi connectivity index (χ1n) is 10.6. The summed E-state index contributed by atoms with van der Waals surface area (Å²) in [6, 6.07) is 10.7. The van der Waals surface area contributed by atoms with Crippen LogP contribution in [0.3, 0.4) is 0 Å². The van der Waals surface area contributed by atoms with Gasteiger partial charge in [-0.15, -0.1) is 0 Å². The standard InChI is InChI=1S/C24H31N3O3S/c1-16-8-6-7-9-21(16)24(28)25-22-14-18(3)23(15-17(22)2)31(29,30)26-19(4)20-10-12-27(5)13-11-20/h6-9,14-15,20H,10-13H2,1-5H3,(H,25,28)/b26-19-. The molecule has 6 nitrogen and oxygen atoms in total. The third kappa shape index (κ3) is 5.40. The minimum absolute atomic E-state index is 0.186. The molecule has 166 valence electrons. The van der Waals surface area contributed by atoms with Crippen LogP contribution in [0.1, 0.15) is 46.8 Å². The van der Waals surface area contributed by atoms with Crippen LogP contribution in [-0.4, -0.2) is 45.1 Å². The van der Waals surface area contributed by atoms with E-state index in [1.807, 2.05) is 32.0 Å². The molecule has 1 heterocycles. The summed E-state index contributed by atoms with van der Waals surface area (Å²) >= 11 is 0. The van der Waals surface area contributed by atoms with E-state index >= 15 is 0 Å². The molecule has 0 atom stereocenters. The van der Waals surface area contributed by atoms with Crippen molar-refractivity contribution in [3.8, 4) is 0 Å². The van der Waals surface area contributed by atoms with Crippen LogP contribution >= 0.6 is 0 Å². The van der Waals surface area contributed by atoms with Gasteiger partial charge in [-0.1, -0.05) is 18.2 Å². The van der Waals surface area contributed by atoms with Crippen molar-refractivity contribution in [2.45, 2.75) is 45.4 Å². The summed E-state index contributed by atoms with van der Waals surface area (Å²) in [5, 5.41) is 2.91. The van der Waals surface area contributed by atoms with Crippen LogP contribution in [0.15, 0.2) is 45.7 Å². The summed E-state index contributed by atoms with van der Waals surface area (Å²) in [5.74, 6) is -0.0209. The van der Waals surface area contributed by atoms with Crippen LogP contribution in [0.25, 0.3) is 0 Å². The van der Waals surface area contributed by atoms with Crippen LogP contribution in [0.5, 0.6) is 0 Å². The van der Waals surface area contributed by atoms with Gasteiger partial charge < -0.3 is 10.2 Å². The summed E-state index contributed by atoms with van der Waals surface area (Å²) in [6.07, 6.45) is 1.84. The van der Waals surface area contributed by atoms with Gasteiger partial charge in [0.2, 0.25) is 0 Å². The number of hydrogen-bond donors (Lipinski definition) is 1. The van der Waals surface area contributed by atoms with Crippen LogP contribution < -0.4 is 5.32 Å². The monoisotopic (exact) mass is 441 g/mol. The van der Waals surface area contributed by atoms with Gasteiger partial charge in [-0.3, -0.25) is 4.79 Å². The molecule has 7 heteroatoms. The first-order chi connectivity index (χ1) is 14.6. The number of benzene rings is 2. The van der Waals surface area contributed by atoms with Gasteiger partial charge in [-0.25, -0.2) is 0 Å². The normalized spacial score (nSPS) is 16.4. The first kappa shape index (κ1) is 23.2. The number of nitrogens with zero attached hydrogens (tertiary/aromatic N) is 2. The van der Waals surface area contributed by atoms with E-state index < -0.39 is 10.0 Å². The van der Waals surface area contributed by atoms with Gasteiger partial charge in [0.05, 0.1) is 4.90 Å².